The maximum Gasteiger partial charge on any atom is 0.280 e. The van der Waals surface area contributed by atoms with Crippen molar-refractivity contribution in [2.24, 2.45) is 0 Å². The lowest BCUT2D eigenvalue weighted by atomic mass is 10.1. The first-order valence-corrected chi connectivity index (χ1v) is 11.7. The van der Waals surface area contributed by atoms with E-state index in [1.807, 2.05) is 51.1 Å². The van der Waals surface area contributed by atoms with Gasteiger partial charge in [-0.05, 0) is 87.5 Å². The lowest BCUT2D eigenvalue weighted by Crippen LogP contribution is -2.15. The van der Waals surface area contributed by atoms with Gasteiger partial charge in [0, 0.05) is 22.0 Å². The first-order chi connectivity index (χ1) is 17.4. The SMILES string of the molecule is Cc1ccc(-c2nc(C(=O)Nc3ccc(Oc4ccc(Cl)cc4)cc3)c(-n3nc(C)cc3C)o2)cc1. The summed E-state index contributed by atoms with van der Waals surface area (Å²) in [6.07, 6.45) is 0. The number of benzene rings is 3. The van der Waals surface area contributed by atoms with Crippen LogP contribution >= 0.6 is 11.6 Å². The number of oxazole rings is 1. The second kappa shape index (κ2) is 9.71. The number of nitrogens with zero attached hydrogens (tertiary/aromatic N) is 3. The van der Waals surface area contributed by atoms with Crippen LogP contribution in [0.4, 0.5) is 5.69 Å². The van der Waals surface area contributed by atoms with Crippen LogP contribution in [0.25, 0.3) is 17.3 Å². The average molecular weight is 499 g/mol. The Bertz CT molecular complexity index is 1520. The number of rotatable bonds is 6. The van der Waals surface area contributed by atoms with Gasteiger partial charge in [0.1, 0.15) is 11.5 Å². The van der Waals surface area contributed by atoms with Crippen LogP contribution in [0.2, 0.25) is 5.02 Å². The summed E-state index contributed by atoms with van der Waals surface area (Å²) in [5.41, 5.74) is 4.25. The van der Waals surface area contributed by atoms with Crippen LogP contribution in [0.1, 0.15) is 27.4 Å². The van der Waals surface area contributed by atoms with Crippen molar-refractivity contribution < 1.29 is 13.9 Å². The van der Waals surface area contributed by atoms with Crippen LogP contribution in [-0.4, -0.2) is 20.7 Å². The monoisotopic (exact) mass is 498 g/mol. The fourth-order valence-corrected chi connectivity index (χ4v) is 3.82. The molecule has 0 aliphatic heterocycles. The van der Waals surface area contributed by atoms with Gasteiger partial charge in [-0.25, -0.2) is 9.67 Å². The molecular weight excluding hydrogens is 476 g/mol. The summed E-state index contributed by atoms with van der Waals surface area (Å²) in [5, 5.41) is 8.02. The van der Waals surface area contributed by atoms with Crippen molar-refractivity contribution in [1.82, 2.24) is 14.8 Å². The third kappa shape index (κ3) is 5.01. The number of aryl methyl sites for hydroxylation is 3. The van der Waals surface area contributed by atoms with Crippen molar-refractivity contribution in [3.8, 4) is 28.8 Å². The molecule has 0 radical (unpaired) electrons. The molecule has 5 aromatic rings. The Morgan fingerprint density at radius 3 is 2.17 bits per heavy atom. The van der Waals surface area contributed by atoms with E-state index >= 15 is 0 Å². The van der Waals surface area contributed by atoms with Gasteiger partial charge < -0.3 is 14.5 Å². The maximum absolute atomic E-state index is 13.3. The summed E-state index contributed by atoms with van der Waals surface area (Å²) in [6, 6.07) is 23.8. The van der Waals surface area contributed by atoms with E-state index in [0.717, 1.165) is 22.5 Å². The number of carbonyl (C=O) groups is 1. The number of aromatic nitrogens is 3. The zero-order valence-corrected chi connectivity index (χ0v) is 20.7. The molecular formula is C28H23ClN4O3. The summed E-state index contributed by atoms with van der Waals surface area (Å²) in [7, 11) is 0. The Balaban J connectivity index is 1.41. The minimum absolute atomic E-state index is 0.137. The van der Waals surface area contributed by atoms with Gasteiger partial charge in [0.2, 0.25) is 5.89 Å². The first kappa shape index (κ1) is 23.4. The average Bonchev–Trinajstić information content (AvgIpc) is 3.45. The van der Waals surface area contributed by atoms with Gasteiger partial charge >= 0.3 is 0 Å². The fourth-order valence-electron chi connectivity index (χ4n) is 3.69. The van der Waals surface area contributed by atoms with Gasteiger partial charge in [-0.3, -0.25) is 4.79 Å². The molecule has 2 heterocycles. The number of halogens is 1. The third-order valence-corrected chi connectivity index (χ3v) is 5.74. The van der Waals surface area contributed by atoms with Gasteiger partial charge in [-0.1, -0.05) is 29.3 Å². The van der Waals surface area contributed by atoms with Gasteiger partial charge in [-0.2, -0.15) is 5.10 Å². The van der Waals surface area contributed by atoms with E-state index < -0.39 is 5.91 Å². The highest BCUT2D eigenvalue weighted by atomic mass is 35.5. The zero-order valence-electron chi connectivity index (χ0n) is 19.9. The number of hydrogen-bond acceptors (Lipinski definition) is 5. The molecule has 36 heavy (non-hydrogen) atoms. The van der Waals surface area contributed by atoms with E-state index in [1.165, 1.54) is 0 Å². The van der Waals surface area contributed by atoms with E-state index in [9.17, 15) is 4.79 Å². The molecule has 0 bridgehead atoms. The highest BCUT2D eigenvalue weighted by molar-refractivity contribution is 6.30. The Kier molecular flexibility index (Phi) is 6.31. The van der Waals surface area contributed by atoms with E-state index in [0.29, 0.717) is 28.1 Å². The second-order valence-electron chi connectivity index (χ2n) is 8.41. The Labute approximate surface area is 213 Å². The summed E-state index contributed by atoms with van der Waals surface area (Å²) in [6.45, 7) is 5.79. The molecule has 0 spiro atoms. The Hall–Kier alpha value is -4.36. The minimum atomic E-state index is -0.411. The molecule has 0 saturated heterocycles. The molecule has 0 saturated carbocycles. The molecule has 1 N–H and O–H groups in total. The number of nitrogens with one attached hydrogen (secondary N) is 1. The van der Waals surface area contributed by atoms with Gasteiger partial charge in [0.05, 0.1) is 5.69 Å². The number of anilines is 1. The van der Waals surface area contributed by atoms with Crippen LogP contribution < -0.4 is 10.1 Å². The first-order valence-electron chi connectivity index (χ1n) is 11.3. The number of ether oxygens (including phenoxy) is 1. The van der Waals surface area contributed by atoms with Crippen molar-refractivity contribution in [2.75, 3.05) is 5.32 Å². The summed E-state index contributed by atoms with van der Waals surface area (Å²) in [5.74, 6) is 1.48. The van der Waals surface area contributed by atoms with Crippen LogP contribution in [0.3, 0.4) is 0 Å². The molecule has 0 aliphatic carbocycles. The van der Waals surface area contributed by atoms with E-state index in [1.54, 1.807) is 53.2 Å². The smallest absolute Gasteiger partial charge is 0.280 e. The van der Waals surface area contributed by atoms with E-state index in [4.69, 9.17) is 20.8 Å². The summed E-state index contributed by atoms with van der Waals surface area (Å²) < 4.78 is 13.5. The van der Waals surface area contributed by atoms with Crippen LogP contribution in [-0.2, 0) is 0 Å². The van der Waals surface area contributed by atoms with Crippen LogP contribution in [0.5, 0.6) is 11.5 Å². The Morgan fingerprint density at radius 1 is 0.917 bits per heavy atom. The fraction of sp³-hybridized carbons (Fsp3) is 0.107. The standard InChI is InChI=1S/C28H23ClN4O3/c1-17-4-6-20(7-5-17)27-31-25(28(36-27)33-19(3)16-18(2)32-33)26(34)30-22-10-14-24(15-11-22)35-23-12-8-21(29)9-13-23/h4-16H,1-3H3,(H,30,34). The zero-order chi connectivity index (χ0) is 25.2. The van der Waals surface area contributed by atoms with Crippen molar-refractivity contribution in [1.29, 1.82) is 0 Å². The molecule has 7 nitrogen and oxygen atoms in total. The molecule has 2 aromatic heterocycles. The predicted octanol–water partition coefficient (Wildman–Crippen LogP) is 7.15. The van der Waals surface area contributed by atoms with Gasteiger partial charge in [-0.15, -0.1) is 0 Å². The van der Waals surface area contributed by atoms with Crippen LogP contribution in [0, 0.1) is 20.8 Å². The molecule has 8 heteroatoms. The molecule has 0 fully saturated rings. The Morgan fingerprint density at radius 2 is 1.56 bits per heavy atom. The number of carbonyl (C=O) groups excluding carboxylic acids is 1. The molecule has 0 aliphatic rings. The summed E-state index contributed by atoms with van der Waals surface area (Å²) >= 11 is 5.92. The van der Waals surface area contributed by atoms with E-state index in [-0.39, 0.29) is 11.6 Å². The largest absolute Gasteiger partial charge is 0.457 e. The molecule has 0 unspecified atom stereocenters. The molecule has 1 amide bonds. The van der Waals surface area contributed by atoms with Gasteiger partial charge in [0.25, 0.3) is 11.8 Å². The molecule has 3 aromatic carbocycles. The number of hydrogen-bond donors (Lipinski definition) is 1. The lowest BCUT2D eigenvalue weighted by Gasteiger charge is -2.08. The summed E-state index contributed by atoms with van der Waals surface area (Å²) in [4.78, 5) is 17.9. The van der Waals surface area contributed by atoms with Crippen molar-refractivity contribution in [2.45, 2.75) is 20.8 Å². The minimum Gasteiger partial charge on any atom is -0.457 e. The van der Waals surface area contributed by atoms with E-state index in [2.05, 4.69) is 15.4 Å². The third-order valence-electron chi connectivity index (χ3n) is 5.49. The molecule has 0 atom stereocenters. The maximum atomic E-state index is 13.3. The highest BCUT2D eigenvalue weighted by Crippen LogP contribution is 2.28. The molecule has 5 rings (SSSR count). The quantitative estimate of drug-likeness (QED) is 0.269. The predicted molar refractivity (Wildman–Crippen MR) is 139 cm³/mol. The molecule has 180 valence electrons. The lowest BCUT2D eigenvalue weighted by molar-refractivity contribution is 0.102. The number of amides is 1. The van der Waals surface area contributed by atoms with Gasteiger partial charge in [0.15, 0.2) is 5.69 Å². The van der Waals surface area contributed by atoms with Crippen molar-refractivity contribution >= 4 is 23.2 Å². The van der Waals surface area contributed by atoms with Crippen molar-refractivity contribution in [3.63, 3.8) is 0 Å². The second-order valence-corrected chi connectivity index (χ2v) is 8.85. The van der Waals surface area contributed by atoms with Crippen LogP contribution in [0.15, 0.2) is 83.3 Å². The highest BCUT2D eigenvalue weighted by Gasteiger charge is 2.24. The van der Waals surface area contributed by atoms with Crippen molar-refractivity contribution in [3.05, 3.63) is 107 Å². The normalized spacial score (nSPS) is 10.9. The topological polar surface area (TPSA) is 82.2 Å².